The second kappa shape index (κ2) is 7.52. The highest BCUT2D eigenvalue weighted by Gasteiger charge is 2.24. The number of aliphatic hydroxyl groups is 1. The quantitative estimate of drug-likeness (QED) is 0.864. The molecule has 1 aliphatic heterocycles. The van der Waals surface area contributed by atoms with Gasteiger partial charge in [0.05, 0.1) is 6.54 Å². The summed E-state index contributed by atoms with van der Waals surface area (Å²) in [6.45, 7) is 2.62. The highest BCUT2D eigenvalue weighted by molar-refractivity contribution is 5.78. The number of nitrogens with zero attached hydrogens (tertiary/aromatic N) is 2. The van der Waals surface area contributed by atoms with E-state index < -0.39 is 0 Å². The number of hydrogen-bond donors (Lipinski definition) is 1. The van der Waals surface area contributed by atoms with Crippen molar-refractivity contribution in [1.82, 2.24) is 9.80 Å². The molecule has 21 heavy (non-hydrogen) atoms. The average molecular weight is 294 g/mol. The fourth-order valence-corrected chi connectivity index (χ4v) is 2.76. The summed E-state index contributed by atoms with van der Waals surface area (Å²) < 4.78 is 13.6. The molecule has 116 valence electrons. The highest BCUT2D eigenvalue weighted by atomic mass is 19.1. The molecule has 1 unspecified atom stereocenters. The number of halogens is 1. The van der Waals surface area contributed by atoms with Gasteiger partial charge >= 0.3 is 0 Å². The van der Waals surface area contributed by atoms with E-state index in [1.54, 1.807) is 30.1 Å². The number of amides is 1. The third-order valence-corrected chi connectivity index (χ3v) is 4.06. The van der Waals surface area contributed by atoms with Gasteiger partial charge in [-0.25, -0.2) is 4.39 Å². The van der Waals surface area contributed by atoms with Crippen LogP contribution in [0.25, 0.3) is 0 Å². The molecule has 1 amide bonds. The number of rotatable bonds is 6. The predicted molar refractivity (Wildman–Crippen MR) is 79.1 cm³/mol. The molecular formula is C16H23FN2O2. The number of carbonyl (C=O) groups excluding carboxylic acids is 1. The van der Waals surface area contributed by atoms with Crippen molar-refractivity contribution in [2.24, 2.45) is 5.92 Å². The summed E-state index contributed by atoms with van der Waals surface area (Å²) >= 11 is 0. The summed E-state index contributed by atoms with van der Waals surface area (Å²) in [6.07, 6.45) is 1.83. The van der Waals surface area contributed by atoms with Crippen molar-refractivity contribution in [3.8, 4) is 0 Å². The van der Waals surface area contributed by atoms with Gasteiger partial charge in [0.25, 0.3) is 0 Å². The number of likely N-dealkylation sites (N-methyl/N-ethyl adjacent to an activating group) is 1. The first kappa shape index (κ1) is 15.9. The van der Waals surface area contributed by atoms with Crippen molar-refractivity contribution in [2.75, 3.05) is 33.3 Å². The molecule has 0 saturated carbocycles. The van der Waals surface area contributed by atoms with E-state index in [4.69, 9.17) is 5.11 Å². The minimum atomic E-state index is -0.277. The fraction of sp³-hybridized carbons (Fsp3) is 0.562. The van der Waals surface area contributed by atoms with Gasteiger partial charge in [0.1, 0.15) is 5.82 Å². The first-order valence-corrected chi connectivity index (χ1v) is 7.40. The molecule has 1 aliphatic rings. The van der Waals surface area contributed by atoms with Crippen LogP contribution >= 0.6 is 0 Å². The summed E-state index contributed by atoms with van der Waals surface area (Å²) in [4.78, 5) is 15.9. The maximum Gasteiger partial charge on any atom is 0.236 e. The second-order valence-corrected chi connectivity index (χ2v) is 5.74. The second-order valence-electron chi connectivity index (χ2n) is 5.74. The highest BCUT2D eigenvalue weighted by Crippen LogP contribution is 2.19. The van der Waals surface area contributed by atoms with Crippen LogP contribution in [0, 0.1) is 11.7 Å². The Bertz CT molecular complexity index is 481. The van der Waals surface area contributed by atoms with E-state index in [-0.39, 0.29) is 18.3 Å². The largest absolute Gasteiger partial charge is 0.396 e. The zero-order valence-corrected chi connectivity index (χ0v) is 12.5. The molecule has 1 atom stereocenters. The molecule has 0 bridgehead atoms. The zero-order chi connectivity index (χ0) is 15.2. The zero-order valence-electron chi connectivity index (χ0n) is 12.5. The lowest BCUT2D eigenvalue weighted by atomic mass is 10.1. The first-order valence-electron chi connectivity index (χ1n) is 7.40. The molecule has 0 aliphatic carbocycles. The van der Waals surface area contributed by atoms with Crippen LogP contribution in [0.5, 0.6) is 0 Å². The van der Waals surface area contributed by atoms with Crippen molar-refractivity contribution in [3.63, 3.8) is 0 Å². The van der Waals surface area contributed by atoms with E-state index in [2.05, 4.69) is 4.90 Å². The molecule has 1 fully saturated rings. The summed E-state index contributed by atoms with van der Waals surface area (Å²) in [5.74, 6) is 0.212. The van der Waals surface area contributed by atoms with E-state index in [1.165, 1.54) is 6.07 Å². The molecule has 2 rings (SSSR count). The van der Waals surface area contributed by atoms with Crippen molar-refractivity contribution >= 4 is 5.91 Å². The van der Waals surface area contributed by atoms with Crippen LogP contribution in [0.3, 0.4) is 0 Å². The molecule has 5 heteroatoms. The van der Waals surface area contributed by atoms with Crippen molar-refractivity contribution < 1.29 is 14.3 Å². The van der Waals surface area contributed by atoms with Crippen LogP contribution in [-0.2, 0) is 11.3 Å². The van der Waals surface area contributed by atoms with Crippen molar-refractivity contribution in [3.05, 3.63) is 35.6 Å². The third-order valence-electron chi connectivity index (χ3n) is 4.06. The van der Waals surface area contributed by atoms with Gasteiger partial charge in [-0.15, -0.1) is 0 Å². The van der Waals surface area contributed by atoms with E-state index in [9.17, 15) is 9.18 Å². The Morgan fingerprint density at radius 2 is 2.24 bits per heavy atom. The molecule has 1 heterocycles. The van der Waals surface area contributed by atoms with Crippen molar-refractivity contribution in [2.45, 2.75) is 19.4 Å². The number of carbonyl (C=O) groups is 1. The van der Waals surface area contributed by atoms with E-state index in [0.29, 0.717) is 24.6 Å². The lowest BCUT2D eigenvalue weighted by Crippen LogP contribution is -2.37. The molecule has 0 radical (unpaired) electrons. The molecule has 1 aromatic rings. The normalized spacial score (nSPS) is 18.9. The van der Waals surface area contributed by atoms with Gasteiger partial charge in [0, 0.05) is 32.3 Å². The molecule has 0 aromatic heterocycles. The van der Waals surface area contributed by atoms with Crippen LogP contribution in [0.4, 0.5) is 4.39 Å². The maximum atomic E-state index is 13.6. The number of benzene rings is 1. The molecule has 1 aromatic carbocycles. The SMILES string of the molecule is CN(Cc1ccccc1F)C(=O)CN1CCC(CCO)C1. The molecular weight excluding hydrogens is 271 g/mol. The van der Waals surface area contributed by atoms with Gasteiger partial charge in [-0.1, -0.05) is 18.2 Å². The predicted octanol–water partition coefficient (Wildman–Crippen LogP) is 1.49. The smallest absolute Gasteiger partial charge is 0.236 e. The van der Waals surface area contributed by atoms with Gasteiger partial charge in [-0.05, 0) is 31.4 Å². The topological polar surface area (TPSA) is 43.8 Å². The van der Waals surface area contributed by atoms with E-state index in [1.807, 2.05) is 0 Å². The third kappa shape index (κ3) is 4.51. The molecule has 0 spiro atoms. The Labute approximate surface area is 125 Å². The Balaban J connectivity index is 1.82. The summed E-state index contributed by atoms with van der Waals surface area (Å²) in [6, 6.07) is 6.53. The lowest BCUT2D eigenvalue weighted by molar-refractivity contribution is -0.131. The number of aliphatic hydroxyl groups excluding tert-OH is 1. The average Bonchev–Trinajstić information content (AvgIpc) is 2.89. The van der Waals surface area contributed by atoms with Crippen LogP contribution in [0.1, 0.15) is 18.4 Å². The van der Waals surface area contributed by atoms with Crippen LogP contribution in [-0.4, -0.2) is 54.1 Å². The van der Waals surface area contributed by atoms with Crippen LogP contribution in [0.2, 0.25) is 0 Å². The number of hydrogen-bond acceptors (Lipinski definition) is 3. The van der Waals surface area contributed by atoms with Gasteiger partial charge in [0.2, 0.25) is 5.91 Å². The monoisotopic (exact) mass is 294 g/mol. The minimum absolute atomic E-state index is 0.00269. The molecule has 4 nitrogen and oxygen atoms in total. The number of likely N-dealkylation sites (tertiary alicyclic amines) is 1. The van der Waals surface area contributed by atoms with Gasteiger partial charge < -0.3 is 10.0 Å². The molecule has 1 N–H and O–H groups in total. The van der Waals surface area contributed by atoms with Gasteiger partial charge in [-0.2, -0.15) is 0 Å². The molecule has 1 saturated heterocycles. The van der Waals surface area contributed by atoms with Crippen LogP contribution < -0.4 is 0 Å². The van der Waals surface area contributed by atoms with E-state index in [0.717, 1.165) is 25.9 Å². The Hall–Kier alpha value is -1.46. The standard InChI is InChI=1S/C16H23FN2O2/c1-18(11-14-4-2-3-5-15(14)17)16(21)12-19-8-6-13(10-19)7-9-20/h2-5,13,20H,6-12H2,1H3. The lowest BCUT2D eigenvalue weighted by Gasteiger charge is -2.22. The summed E-state index contributed by atoms with van der Waals surface area (Å²) in [7, 11) is 1.70. The van der Waals surface area contributed by atoms with E-state index >= 15 is 0 Å². The summed E-state index contributed by atoms with van der Waals surface area (Å²) in [5.41, 5.74) is 0.535. The first-order chi connectivity index (χ1) is 10.1. The van der Waals surface area contributed by atoms with Crippen molar-refractivity contribution in [1.29, 1.82) is 0 Å². The summed E-state index contributed by atoms with van der Waals surface area (Å²) in [5, 5.41) is 8.94. The van der Waals surface area contributed by atoms with Gasteiger partial charge in [-0.3, -0.25) is 9.69 Å². The Morgan fingerprint density at radius 1 is 1.48 bits per heavy atom. The Morgan fingerprint density at radius 3 is 2.95 bits per heavy atom. The fourth-order valence-electron chi connectivity index (χ4n) is 2.76. The minimum Gasteiger partial charge on any atom is -0.396 e. The Kier molecular flexibility index (Phi) is 5.70. The van der Waals surface area contributed by atoms with Crippen LogP contribution in [0.15, 0.2) is 24.3 Å². The maximum absolute atomic E-state index is 13.6. The van der Waals surface area contributed by atoms with Gasteiger partial charge in [0.15, 0.2) is 0 Å².